The van der Waals surface area contributed by atoms with Crippen LogP contribution in [0.2, 0.25) is 0 Å². The van der Waals surface area contributed by atoms with Gasteiger partial charge in [0.1, 0.15) is 0 Å². The molecule has 0 aliphatic carbocycles. The van der Waals surface area contributed by atoms with Crippen molar-refractivity contribution >= 4 is 5.91 Å². The van der Waals surface area contributed by atoms with Gasteiger partial charge in [-0.25, -0.2) is 10.3 Å². The summed E-state index contributed by atoms with van der Waals surface area (Å²) in [5.74, 6) is 0.744. The molecule has 1 amide bonds. The number of hydrogen-bond donors (Lipinski definition) is 1. The third-order valence-electron chi connectivity index (χ3n) is 2.27. The van der Waals surface area contributed by atoms with Crippen LogP contribution in [0.1, 0.15) is 10.4 Å². The minimum Gasteiger partial charge on any atom is -0.493 e. The van der Waals surface area contributed by atoms with E-state index in [2.05, 4.69) is 10.2 Å². The number of hydrogen-bond acceptors (Lipinski definition) is 6. The van der Waals surface area contributed by atoms with Gasteiger partial charge < -0.3 is 18.9 Å². The molecule has 1 N–H and O–H groups in total. The number of hydroxylamine groups is 1. The van der Waals surface area contributed by atoms with Gasteiger partial charge in [-0.2, -0.15) is 0 Å². The molecule has 7 nitrogen and oxygen atoms in total. The van der Waals surface area contributed by atoms with E-state index in [1.807, 2.05) is 0 Å². The molecule has 0 heterocycles. The summed E-state index contributed by atoms with van der Waals surface area (Å²) in [5, 5.41) is 0. The van der Waals surface area contributed by atoms with Crippen molar-refractivity contribution in [1.29, 1.82) is 0 Å². The Bertz CT molecular complexity index is 409. The smallest absolute Gasteiger partial charge is 0.275 e. The lowest BCUT2D eigenvalue weighted by atomic mass is 10.1. The molecule has 0 saturated heterocycles. The third kappa shape index (κ3) is 3.73. The highest BCUT2D eigenvalue weighted by Crippen LogP contribution is 2.38. The van der Waals surface area contributed by atoms with Gasteiger partial charge in [0.2, 0.25) is 5.75 Å². The fourth-order valence-electron chi connectivity index (χ4n) is 1.43. The topological polar surface area (TPSA) is 75.3 Å². The maximum atomic E-state index is 11.8. The van der Waals surface area contributed by atoms with Crippen LogP contribution < -0.4 is 19.7 Å². The summed E-state index contributed by atoms with van der Waals surface area (Å²) < 4.78 is 20.1. The highest BCUT2D eigenvalue weighted by molar-refractivity contribution is 5.94. The first-order valence-electron chi connectivity index (χ1n) is 5.39. The fraction of sp³-hybridized carbons (Fsp3) is 0.417. The minimum atomic E-state index is -0.448. The zero-order valence-electron chi connectivity index (χ0n) is 11.3. The van der Waals surface area contributed by atoms with E-state index < -0.39 is 5.91 Å². The average Bonchev–Trinajstić information content (AvgIpc) is 2.45. The van der Waals surface area contributed by atoms with Crippen LogP contribution >= 0.6 is 0 Å². The van der Waals surface area contributed by atoms with Crippen molar-refractivity contribution in [2.24, 2.45) is 0 Å². The molecule has 0 aliphatic rings. The minimum absolute atomic E-state index is 0.0455. The molecule has 0 aliphatic heterocycles. The molecule has 106 valence electrons. The highest BCUT2D eigenvalue weighted by atomic mass is 16.8. The Morgan fingerprint density at radius 1 is 1.05 bits per heavy atom. The summed E-state index contributed by atoms with van der Waals surface area (Å²) in [6.07, 6.45) is 0. The average molecular weight is 271 g/mol. The predicted molar refractivity (Wildman–Crippen MR) is 66.5 cm³/mol. The lowest BCUT2D eigenvalue weighted by Gasteiger charge is -2.13. The van der Waals surface area contributed by atoms with Crippen LogP contribution in [0.15, 0.2) is 12.1 Å². The Labute approximate surface area is 111 Å². The number of nitrogens with one attached hydrogen (secondary N) is 1. The lowest BCUT2D eigenvalue weighted by molar-refractivity contribution is -0.0704. The maximum Gasteiger partial charge on any atom is 0.275 e. The largest absolute Gasteiger partial charge is 0.493 e. The highest BCUT2D eigenvalue weighted by Gasteiger charge is 2.16. The van der Waals surface area contributed by atoms with Crippen molar-refractivity contribution in [2.45, 2.75) is 0 Å². The number of rotatable bonds is 7. The zero-order chi connectivity index (χ0) is 14.3. The van der Waals surface area contributed by atoms with Crippen molar-refractivity contribution in [3.05, 3.63) is 17.7 Å². The molecule has 1 aromatic rings. The second-order valence-corrected chi connectivity index (χ2v) is 3.40. The SMILES string of the molecule is COCONC(=O)c1cc(OC)c(OC)c(OC)c1. The molecule has 0 aromatic heterocycles. The van der Waals surface area contributed by atoms with Gasteiger partial charge in [-0.15, -0.1) is 0 Å². The third-order valence-corrected chi connectivity index (χ3v) is 2.27. The molecule has 7 heteroatoms. The number of carbonyl (C=O) groups is 1. The second-order valence-electron chi connectivity index (χ2n) is 3.40. The number of benzene rings is 1. The van der Waals surface area contributed by atoms with E-state index in [1.54, 1.807) is 0 Å². The van der Waals surface area contributed by atoms with E-state index in [1.165, 1.54) is 40.6 Å². The number of ether oxygens (including phenoxy) is 4. The standard InChI is InChI=1S/C12H17NO6/c1-15-7-19-13-12(14)8-5-9(16-2)11(18-4)10(6-8)17-3/h5-6H,7H2,1-4H3,(H,13,14). The van der Waals surface area contributed by atoms with Gasteiger partial charge in [0.25, 0.3) is 5.91 Å². The Morgan fingerprint density at radius 2 is 1.63 bits per heavy atom. The first kappa shape index (κ1) is 15.1. The first-order valence-corrected chi connectivity index (χ1v) is 5.39. The van der Waals surface area contributed by atoms with Gasteiger partial charge in [-0.1, -0.05) is 0 Å². The van der Waals surface area contributed by atoms with Crippen LogP contribution in [0.5, 0.6) is 17.2 Å². The van der Waals surface area contributed by atoms with E-state index in [-0.39, 0.29) is 6.79 Å². The number of carbonyl (C=O) groups excluding carboxylic acids is 1. The Balaban J connectivity index is 2.98. The van der Waals surface area contributed by atoms with Gasteiger partial charge in [-0.3, -0.25) is 4.79 Å². The van der Waals surface area contributed by atoms with Gasteiger partial charge in [0, 0.05) is 12.7 Å². The first-order chi connectivity index (χ1) is 9.17. The Morgan fingerprint density at radius 3 is 2.05 bits per heavy atom. The molecule has 0 saturated carbocycles. The summed E-state index contributed by atoms with van der Waals surface area (Å²) in [6, 6.07) is 3.04. The van der Waals surface area contributed by atoms with Gasteiger partial charge in [-0.05, 0) is 12.1 Å². The van der Waals surface area contributed by atoms with Crippen molar-refractivity contribution in [3.63, 3.8) is 0 Å². The molecule has 1 aromatic carbocycles. The Hall–Kier alpha value is -1.99. The summed E-state index contributed by atoms with van der Waals surface area (Å²) in [7, 11) is 5.88. The zero-order valence-corrected chi connectivity index (χ0v) is 11.3. The summed E-state index contributed by atoms with van der Waals surface area (Å²) >= 11 is 0. The predicted octanol–water partition coefficient (Wildman–Crippen LogP) is 0.978. The molecular weight excluding hydrogens is 254 g/mol. The second kappa shape index (κ2) is 7.45. The van der Waals surface area contributed by atoms with Crippen molar-refractivity contribution in [3.8, 4) is 17.2 Å². The van der Waals surface area contributed by atoms with E-state index >= 15 is 0 Å². The summed E-state index contributed by atoms with van der Waals surface area (Å²) in [5.41, 5.74) is 2.53. The summed E-state index contributed by atoms with van der Waals surface area (Å²) in [6.45, 7) is -0.0455. The molecule has 19 heavy (non-hydrogen) atoms. The summed E-state index contributed by atoms with van der Waals surface area (Å²) in [4.78, 5) is 16.6. The van der Waals surface area contributed by atoms with Gasteiger partial charge in [0.15, 0.2) is 18.3 Å². The van der Waals surface area contributed by atoms with Crippen LogP contribution in [-0.2, 0) is 9.57 Å². The van der Waals surface area contributed by atoms with E-state index in [4.69, 9.17) is 19.0 Å². The van der Waals surface area contributed by atoms with Crippen molar-refractivity contribution in [1.82, 2.24) is 5.48 Å². The molecule has 0 atom stereocenters. The molecule has 0 bridgehead atoms. The van der Waals surface area contributed by atoms with Crippen LogP contribution in [-0.4, -0.2) is 41.1 Å². The number of methoxy groups -OCH3 is 4. The quantitative estimate of drug-likeness (QED) is 0.452. The maximum absolute atomic E-state index is 11.8. The van der Waals surface area contributed by atoms with Crippen molar-refractivity contribution in [2.75, 3.05) is 35.2 Å². The lowest BCUT2D eigenvalue weighted by Crippen LogP contribution is -2.24. The molecule has 0 fully saturated rings. The monoisotopic (exact) mass is 271 g/mol. The fourth-order valence-corrected chi connectivity index (χ4v) is 1.43. The van der Waals surface area contributed by atoms with Crippen molar-refractivity contribution < 1.29 is 28.6 Å². The molecular formula is C12H17NO6. The number of amides is 1. The van der Waals surface area contributed by atoms with Crippen LogP contribution in [0.3, 0.4) is 0 Å². The molecule has 0 radical (unpaired) electrons. The van der Waals surface area contributed by atoms with E-state index in [0.717, 1.165) is 0 Å². The molecule has 0 unspecified atom stereocenters. The van der Waals surface area contributed by atoms with E-state index in [0.29, 0.717) is 22.8 Å². The van der Waals surface area contributed by atoms with Crippen LogP contribution in [0.25, 0.3) is 0 Å². The van der Waals surface area contributed by atoms with Crippen LogP contribution in [0, 0.1) is 0 Å². The van der Waals surface area contributed by atoms with Crippen LogP contribution in [0.4, 0.5) is 0 Å². The van der Waals surface area contributed by atoms with Gasteiger partial charge >= 0.3 is 0 Å². The molecule has 1 rings (SSSR count). The van der Waals surface area contributed by atoms with Gasteiger partial charge in [0.05, 0.1) is 21.3 Å². The normalized spacial score (nSPS) is 9.89. The van der Waals surface area contributed by atoms with E-state index in [9.17, 15) is 4.79 Å². The Kier molecular flexibility index (Phi) is 5.91. The molecule has 0 spiro atoms.